The van der Waals surface area contributed by atoms with Crippen LogP contribution < -0.4 is 24.8 Å². The van der Waals surface area contributed by atoms with E-state index in [9.17, 15) is 4.79 Å². The molecule has 7 heteroatoms. The van der Waals surface area contributed by atoms with Gasteiger partial charge in [-0.3, -0.25) is 9.78 Å². The molecule has 1 amide bonds. The van der Waals surface area contributed by atoms with Gasteiger partial charge < -0.3 is 24.8 Å². The molecule has 1 heterocycles. The van der Waals surface area contributed by atoms with E-state index in [4.69, 9.17) is 14.2 Å². The number of nitrogens with one attached hydrogen (secondary N) is 2. The van der Waals surface area contributed by atoms with Gasteiger partial charge in [0.2, 0.25) is 0 Å². The zero-order valence-corrected chi connectivity index (χ0v) is 16.6. The molecule has 0 saturated carbocycles. The minimum absolute atomic E-state index is 0.226. The number of para-hydroxylation sites is 2. The molecular formula is C22H23N3O4. The summed E-state index contributed by atoms with van der Waals surface area (Å²) in [5.41, 5.74) is 2.82. The second-order valence-electron chi connectivity index (χ2n) is 6.16. The van der Waals surface area contributed by atoms with Crippen molar-refractivity contribution in [1.82, 2.24) is 10.3 Å². The number of hydrogen-bond donors (Lipinski definition) is 2. The molecule has 0 fully saturated rings. The molecule has 0 unspecified atom stereocenters. The van der Waals surface area contributed by atoms with E-state index in [2.05, 4.69) is 15.6 Å². The van der Waals surface area contributed by atoms with Crippen molar-refractivity contribution in [2.24, 2.45) is 0 Å². The van der Waals surface area contributed by atoms with Crippen molar-refractivity contribution in [2.75, 3.05) is 26.6 Å². The SMILES string of the molecule is COc1ccccc1Nc1cncc(C(=O)NCc2ccc(OC)c(OC)c2)c1. The smallest absolute Gasteiger partial charge is 0.253 e. The van der Waals surface area contributed by atoms with Crippen molar-refractivity contribution in [2.45, 2.75) is 6.54 Å². The number of carbonyl (C=O) groups excluding carboxylic acids is 1. The minimum Gasteiger partial charge on any atom is -0.495 e. The van der Waals surface area contributed by atoms with E-state index in [1.165, 1.54) is 6.20 Å². The highest BCUT2D eigenvalue weighted by Gasteiger charge is 2.10. The minimum atomic E-state index is -0.226. The molecule has 2 N–H and O–H groups in total. The van der Waals surface area contributed by atoms with Crippen molar-refractivity contribution < 1.29 is 19.0 Å². The number of anilines is 2. The summed E-state index contributed by atoms with van der Waals surface area (Å²) in [6.45, 7) is 0.351. The first-order valence-electron chi connectivity index (χ1n) is 8.98. The Morgan fingerprint density at radius 1 is 0.897 bits per heavy atom. The summed E-state index contributed by atoms with van der Waals surface area (Å²) in [6.07, 6.45) is 3.18. The summed E-state index contributed by atoms with van der Waals surface area (Å²) in [4.78, 5) is 16.7. The second-order valence-corrected chi connectivity index (χ2v) is 6.16. The molecule has 3 rings (SSSR count). The highest BCUT2D eigenvalue weighted by Crippen LogP contribution is 2.28. The molecule has 0 aliphatic carbocycles. The van der Waals surface area contributed by atoms with Crippen LogP contribution in [0.15, 0.2) is 60.9 Å². The van der Waals surface area contributed by atoms with Crippen LogP contribution in [0.25, 0.3) is 0 Å². The summed E-state index contributed by atoms with van der Waals surface area (Å²) >= 11 is 0. The molecule has 0 atom stereocenters. The van der Waals surface area contributed by atoms with E-state index in [1.807, 2.05) is 36.4 Å². The fourth-order valence-corrected chi connectivity index (χ4v) is 2.81. The van der Waals surface area contributed by atoms with Gasteiger partial charge in [-0.25, -0.2) is 0 Å². The molecule has 0 spiro atoms. The van der Waals surface area contributed by atoms with E-state index in [0.29, 0.717) is 35.0 Å². The van der Waals surface area contributed by atoms with Crippen molar-refractivity contribution >= 4 is 17.3 Å². The molecule has 0 bridgehead atoms. The molecule has 1 aromatic heterocycles. The number of methoxy groups -OCH3 is 3. The summed E-state index contributed by atoms with van der Waals surface area (Å²) < 4.78 is 15.9. The Hall–Kier alpha value is -3.74. The zero-order chi connectivity index (χ0) is 20.6. The predicted octanol–water partition coefficient (Wildman–Crippen LogP) is 3.78. The first-order chi connectivity index (χ1) is 14.1. The maximum Gasteiger partial charge on any atom is 0.253 e. The second kappa shape index (κ2) is 9.45. The molecule has 0 aliphatic rings. The molecule has 2 aromatic carbocycles. The van der Waals surface area contributed by atoms with Gasteiger partial charge in [0.05, 0.1) is 44.5 Å². The number of ether oxygens (including phenoxy) is 3. The standard InChI is InChI=1S/C22H23N3O4/c1-27-19-7-5-4-6-18(19)25-17-11-16(13-23-14-17)22(26)24-12-15-8-9-20(28-2)21(10-15)29-3/h4-11,13-14,25H,12H2,1-3H3,(H,24,26). The fourth-order valence-electron chi connectivity index (χ4n) is 2.81. The average Bonchev–Trinajstić information content (AvgIpc) is 2.77. The molecule has 0 saturated heterocycles. The van der Waals surface area contributed by atoms with Crippen molar-refractivity contribution in [3.8, 4) is 17.2 Å². The maximum absolute atomic E-state index is 12.6. The third-order valence-corrected chi connectivity index (χ3v) is 4.29. The van der Waals surface area contributed by atoms with E-state index in [0.717, 1.165) is 11.3 Å². The van der Waals surface area contributed by atoms with Crippen LogP contribution in [-0.4, -0.2) is 32.2 Å². The number of aromatic nitrogens is 1. The highest BCUT2D eigenvalue weighted by atomic mass is 16.5. The van der Waals surface area contributed by atoms with Gasteiger partial charge in [-0.2, -0.15) is 0 Å². The molecular weight excluding hydrogens is 370 g/mol. The van der Waals surface area contributed by atoms with E-state index < -0.39 is 0 Å². The lowest BCUT2D eigenvalue weighted by Crippen LogP contribution is -2.23. The fraction of sp³-hybridized carbons (Fsp3) is 0.182. The number of benzene rings is 2. The van der Waals surface area contributed by atoms with Gasteiger partial charge >= 0.3 is 0 Å². The van der Waals surface area contributed by atoms with Gasteiger partial charge in [0.1, 0.15) is 5.75 Å². The van der Waals surface area contributed by atoms with Gasteiger partial charge in [0.25, 0.3) is 5.91 Å². The van der Waals surface area contributed by atoms with Crippen molar-refractivity contribution in [3.63, 3.8) is 0 Å². The molecule has 150 valence electrons. The summed E-state index contributed by atoms with van der Waals surface area (Å²) in [6, 6.07) is 14.8. The summed E-state index contributed by atoms with van der Waals surface area (Å²) in [7, 11) is 4.77. The molecule has 0 aliphatic heterocycles. The molecule has 7 nitrogen and oxygen atoms in total. The third kappa shape index (κ3) is 4.95. The number of carbonyl (C=O) groups is 1. The van der Waals surface area contributed by atoms with Crippen LogP contribution >= 0.6 is 0 Å². The summed E-state index contributed by atoms with van der Waals surface area (Å²) in [5.74, 6) is 1.73. The number of rotatable bonds is 8. The number of amides is 1. The van der Waals surface area contributed by atoms with Crippen LogP contribution in [0.1, 0.15) is 15.9 Å². The first kappa shape index (κ1) is 20.0. The van der Waals surface area contributed by atoms with Gasteiger partial charge in [-0.15, -0.1) is 0 Å². The van der Waals surface area contributed by atoms with Crippen LogP contribution in [0, 0.1) is 0 Å². The van der Waals surface area contributed by atoms with Crippen molar-refractivity contribution in [3.05, 3.63) is 72.1 Å². The zero-order valence-electron chi connectivity index (χ0n) is 16.6. The molecule has 0 radical (unpaired) electrons. The lowest BCUT2D eigenvalue weighted by molar-refractivity contribution is 0.0950. The normalized spacial score (nSPS) is 10.2. The van der Waals surface area contributed by atoms with Crippen LogP contribution in [-0.2, 0) is 6.54 Å². The first-order valence-corrected chi connectivity index (χ1v) is 8.98. The Morgan fingerprint density at radius 3 is 2.41 bits per heavy atom. The summed E-state index contributed by atoms with van der Waals surface area (Å²) in [5, 5.41) is 6.11. The lowest BCUT2D eigenvalue weighted by atomic mass is 10.2. The lowest BCUT2D eigenvalue weighted by Gasteiger charge is -2.12. The Balaban J connectivity index is 1.68. The highest BCUT2D eigenvalue weighted by molar-refractivity contribution is 5.94. The molecule has 3 aromatic rings. The maximum atomic E-state index is 12.6. The average molecular weight is 393 g/mol. The van der Waals surface area contributed by atoms with Gasteiger partial charge in [0.15, 0.2) is 11.5 Å². The van der Waals surface area contributed by atoms with E-state index in [1.54, 1.807) is 39.7 Å². The number of pyridine rings is 1. The van der Waals surface area contributed by atoms with Crippen LogP contribution in [0.2, 0.25) is 0 Å². The van der Waals surface area contributed by atoms with Gasteiger partial charge in [-0.05, 0) is 35.9 Å². The van der Waals surface area contributed by atoms with Gasteiger partial charge in [0, 0.05) is 12.7 Å². The predicted molar refractivity (Wildman–Crippen MR) is 111 cm³/mol. The Bertz CT molecular complexity index is 991. The number of hydrogen-bond acceptors (Lipinski definition) is 6. The Morgan fingerprint density at radius 2 is 1.66 bits per heavy atom. The number of nitrogens with zero attached hydrogens (tertiary/aromatic N) is 1. The Labute approximate surface area is 169 Å². The quantitative estimate of drug-likeness (QED) is 0.606. The van der Waals surface area contributed by atoms with E-state index in [-0.39, 0.29) is 5.91 Å². The molecule has 29 heavy (non-hydrogen) atoms. The van der Waals surface area contributed by atoms with Crippen LogP contribution in [0.3, 0.4) is 0 Å². The monoisotopic (exact) mass is 393 g/mol. The largest absolute Gasteiger partial charge is 0.495 e. The Kier molecular flexibility index (Phi) is 6.52. The van der Waals surface area contributed by atoms with Crippen molar-refractivity contribution in [1.29, 1.82) is 0 Å². The van der Waals surface area contributed by atoms with Gasteiger partial charge in [-0.1, -0.05) is 18.2 Å². The van der Waals surface area contributed by atoms with Crippen LogP contribution in [0.4, 0.5) is 11.4 Å². The topological polar surface area (TPSA) is 81.7 Å². The van der Waals surface area contributed by atoms with E-state index >= 15 is 0 Å². The van der Waals surface area contributed by atoms with Crippen LogP contribution in [0.5, 0.6) is 17.2 Å². The third-order valence-electron chi connectivity index (χ3n) is 4.29.